The summed E-state index contributed by atoms with van der Waals surface area (Å²) in [5.41, 5.74) is 6.73. The van der Waals surface area contributed by atoms with Crippen LogP contribution in [-0.2, 0) is 0 Å². The van der Waals surface area contributed by atoms with Crippen LogP contribution in [0.25, 0.3) is 0 Å². The zero-order valence-corrected chi connectivity index (χ0v) is 8.40. The van der Waals surface area contributed by atoms with Crippen molar-refractivity contribution >= 4 is 17.4 Å². The Bertz CT molecular complexity index is 328. The smallest absolute Gasteiger partial charge is 0.101 e. The Morgan fingerprint density at radius 3 is 2.92 bits per heavy atom. The molecular weight excluding hydrogens is 180 g/mol. The highest BCUT2D eigenvalue weighted by atomic mass is 32.2. The molecular formula is C10H12N2S. The normalized spacial score (nSPS) is 9.54. The minimum Gasteiger partial charge on any atom is -0.398 e. The zero-order valence-electron chi connectivity index (χ0n) is 7.58. The van der Waals surface area contributed by atoms with Crippen LogP contribution in [0.3, 0.4) is 0 Å². The van der Waals surface area contributed by atoms with Crippen LogP contribution in [0.5, 0.6) is 0 Å². The summed E-state index contributed by atoms with van der Waals surface area (Å²) in [6, 6.07) is 7.66. The SMILES string of the molecule is CCCSc1ccc(N)c(C#N)c1. The Morgan fingerprint density at radius 1 is 1.54 bits per heavy atom. The molecule has 0 saturated carbocycles. The molecule has 1 aromatic carbocycles. The molecule has 3 heteroatoms. The molecule has 0 bridgehead atoms. The summed E-state index contributed by atoms with van der Waals surface area (Å²) >= 11 is 1.75. The molecule has 0 fully saturated rings. The van der Waals surface area contributed by atoms with Gasteiger partial charge in [-0.1, -0.05) is 6.92 Å². The number of rotatable bonds is 3. The maximum absolute atomic E-state index is 8.73. The van der Waals surface area contributed by atoms with Gasteiger partial charge in [-0.05, 0) is 30.4 Å². The van der Waals surface area contributed by atoms with Gasteiger partial charge in [-0.25, -0.2) is 0 Å². The summed E-state index contributed by atoms with van der Waals surface area (Å²) in [6.07, 6.45) is 1.14. The van der Waals surface area contributed by atoms with Crippen molar-refractivity contribution < 1.29 is 0 Å². The van der Waals surface area contributed by atoms with Gasteiger partial charge in [0.1, 0.15) is 6.07 Å². The maximum Gasteiger partial charge on any atom is 0.101 e. The Labute approximate surface area is 82.7 Å². The molecule has 0 amide bonds. The molecule has 13 heavy (non-hydrogen) atoms. The Hall–Kier alpha value is -1.14. The van der Waals surface area contributed by atoms with Crippen LogP contribution in [0.1, 0.15) is 18.9 Å². The van der Waals surface area contributed by atoms with Gasteiger partial charge >= 0.3 is 0 Å². The third kappa shape index (κ3) is 2.67. The van der Waals surface area contributed by atoms with Crippen molar-refractivity contribution in [2.45, 2.75) is 18.2 Å². The fraction of sp³-hybridized carbons (Fsp3) is 0.300. The van der Waals surface area contributed by atoms with Crippen molar-refractivity contribution in [2.75, 3.05) is 11.5 Å². The number of nitrogen functional groups attached to an aromatic ring is 1. The summed E-state index contributed by atoms with van der Waals surface area (Å²) < 4.78 is 0. The first-order valence-corrected chi connectivity index (χ1v) is 5.19. The number of nitrogens with zero attached hydrogens (tertiary/aromatic N) is 1. The van der Waals surface area contributed by atoms with Gasteiger partial charge in [-0.3, -0.25) is 0 Å². The van der Waals surface area contributed by atoms with Crippen LogP contribution in [0.2, 0.25) is 0 Å². The highest BCUT2D eigenvalue weighted by Gasteiger charge is 1.99. The van der Waals surface area contributed by atoms with E-state index in [4.69, 9.17) is 11.0 Å². The quantitative estimate of drug-likeness (QED) is 0.591. The van der Waals surface area contributed by atoms with Crippen molar-refractivity contribution in [3.05, 3.63) is 23.8 Å². The Balaban J connectivity index is 2.82. The van der Waals surface area contributed by atoms with E-state index in [2.05, 4.69) is 13.0 Å². The molecule has 2 nitrogen and oxygen atoms in total. The fourth-order valence-corrected chi connectivity index (χ4v) is 1.75. The van der Waals surface area contributed by atoms with Gasteiger partial charge in [0, 0.05) is 10.6 Å². The first kappa shape index (κ1) is 9.94. The van der Waals surface area contributed by atoms with Crippen molar-refractivity contribution in [3.8, 4) is 6.07 Å². The predicted molar refractivity (Wildman–Crippen MR) is 56.6 cm³/mol. The van der Waals surface area contributed by atoms with Crippen LogP contribution >= 0.6 is 11.8 Å². The number of hydrogen-bond acceptors (Lipinski definition) is 3. The van der Waals surface area contributed by atoms with Gasteiger partial charge in [0.15, 0.2) is 0 Å². The van der Waals surface area contributed by atoms with E-state index in [1.165, 1.54) is 0 Å². The molecule has 0 aromatic heterocycles. The molecule has 2 N–H and O–H groups in total. The third-order valence-corrected chi connectivity index (χ3v) is 2.82. The zero-order chi connectivity index (χ0) is 9.68. The topological polar surface area (TPSA) is 49.8 Å². The number of hydrogen-bond donors (Lipinski definition) is 1. The number of nitriles is 1. The second-order valence-corrected chi connectivity index (χ2v) is 3.88. The Morgan fingerprint density at radius 2 is 2.31 bits per heavy atom. The van der Waals surface area contributed by atoms with E-state index in [-0.39, 0.29) is 0 Å². The van der Waals surface area contributed by atoms with Crippen LogP contribution in [-0.4, -0.2) is 5.75 Å². The monoisotopic (exact) mass is 192 g/mol. The molecule has 0 heterocycles. The van der Waals surface area contributed by atoms with Crippen LogP contribution in [0.15, 0.2) is 23.1 Å². The van der Waals surface area contributed by atoms with E-state index < -0.39 is 0 Å². The molecule has 0 saturated heterocycles. The first-order chi connectivity index (χ1) is 6.27. The van der Waals surface area contributed by atoms with Crippen molar-refractivity contribution in [1.29, 1.82) is 5.26 Å². The van der Waals surface area contributed by atoms with Crippen LogP contribution in [0, 0.1) is 11.3 Å². The molecule has 0 spiro atoms. The average Bonchev–Trinajstić information content (AvgIpc) is 2.16. The third-order valence-electron chi connectivity index (χ3n) is 1.62. The maximum atomic E-state index is 8.73. The summed E-state index contributed by atoms with van der Waals surface area (Å²) in [5, 5.41) is 8.73. The second-order valence-electron chi connectivity index (χ2n) is 2.71. The van der Waals surface area contributed by atoms with E-state index in [1.807, 2.05) is 12.1 Å². The standard InChI is InChI=1S/C10H12N2S/c1-2-5-13-9-3-4-10(12)8(6-9)7-11/h3-4,6H,2,5,12H2,1H3. The fourth-order valence-electron chi connectivity index (χ4n) is 0.942. The number of nitrogens with two attached hydrogens (primary N) is 1. The molecule has 0 aliphatic carbocycles. The van der Waals surface area contributed by atoms with Gasteiger partial charge in [-0.15, -0.1) is 11.8 Å². The van der Waals surface area contributed by atoms with E-state index in [0.29, 0.717) is 11.3 Å². The van der Waals surface area contributed by atoms with Gasteiger partial charge < -0.3 is 5.73 Å². The average molecular weight is 192 g/mol. The molecule has 0 aliphatic heterocycles. The minimum absolute atomic E-state index is 0.559. The molecule has 0 radical (unpaired) electrons. The molecule has 1 aromatic rings. The summed E-state index contributed by atoms with van der Waals surface area (Å²) in [4.78, 5) is 1.12. The predicted octanol–water partition coefficient (Wildman–Crippen LogP) is 2.64. The second kappa shape index (κ2) is 4.78. The summed E-state index contributed by atoms with van der Waals surface area (Å²) in [7, 11) is 0. The number of anilines is 1. The highest BCUT2D eigenvalue weighted by molar-refractivity contribution is 7.99. The summed E-state index contributed by atoms with van der Waals surface area (Å²) in [5.74, 6) is 1.08. The van der Waals surface area contributed by atoms with Gasteiger partial charge in [0.25, 0.3) is 0 Å². The molecule has 0 aliphatic rings. The van der Waals surface area contributed by atoms with Crippen molar-refractivity contribution in [1.82, 2.24) is 0 Å². The number of thioether (sulfide) groups is 1. The lowest BCUT2D eigenvalue weighted by molar-refractivity contribution is 1.10. The summed E-state index contributed by atoms with van der Waals surface area (Å²) in [6.45, 7) is 2.13. The lowest BCUT2D eigenvalue weighted by atomic mass is 10.2. The van der Waals surface area contributed by atoms with Gasteiger partial charge in [0.2, 0.25) is 0 Å². The van der Waals surface area contributed by atoms with Crippen LogP contribution < -0.4 is 5.73 Å². The molecule has 1 rings (SSSR count). The highest BCUT2D eigenvalue weighted by Crippen LogP contribution is 2.22. The largest absolute Gasteiger partial charge is 0.398 e. The van der Waals surface area contributed by atoms with Gasteiger partial charge in [0.05, 0.1) is 5.56 Å². The lowest BCUT2D eigenvalue weighted by Crippen LogP contribution is -1.90. The van der Waals surface area contributed by atoms with Gasteiger partial charge in [-0.2, -0.15) is 5.26 Å². The molecule has 68 valence electrons. The van der Waals surface area contributed by atoms with Crippen molar-refractivity contribution in [2.24, 2.45) is 0 Å². The number of benzene rings is 1. The molecule has 0 atom stereocenters. The van der Waals surface area contributed by atoms with E-state index in [0.717, 1.165) is 17.1 Å². The van der Waals surface area contributed by atoms with Crippen molar-refractivity contribution in [3.63, 3.8) is 0 Å². The minimum atomic E-state index is 0.559. The van der Waals surface area contributed by atoms with E-state index >= 15 is 0 Å². The first-order valence-electron chi connectivity index (χ1n) is 4.20. The lowest BCUT2D eigenvalue weighted by Gasteiger charge is -2.01. The molecule has 0 unspecified atom stereocenters. The Kier molecular flexibility index (Phi) is 3.66. The van der Waals surface area contributed by atoms with E-state index in [9.17, 15) is 0 Å². The van der Waals surface area contributed by atoms with E-state index in [1.54, 1.807) is 17.8 Å². The van der Waals surface area contributed by atoms with Crippen LogP contribution in [0.4, 0.5) is 5.69 Å².